The van der Waals surface area contributed by atoms with E-state index in [1.807, 2.05) is 0 Å². The number of allylic oxidation sites excluding steroid dienone is 4. The predicted octanol–water partition coefficient (Wildman–Crippen LogP) is 2.21. The first-order valence-corrected chi connectivity index (χ1v) is 4.29. The summed E-state index contributed by atoms with van der Waals surface area (Å²) in [4.78, 5) is 2.24. The molecule has 0 aromatic heterocycles. The molecular formula is C10H17N. The van der Waals surface area contributed by atoms with E-state index < -0.39 is 0 Å². The highest BCUT2D eigenvalue weighted by Crippen LogP contribution is 2.14. The van der Waals surface area contributed by atoms with Gasteiger partial charge in [0.05, 0.1) is 0 Å². The van der Waals surface area contributed by atoms with Gasteiger partial charge in [-0.1, -0.05) is 23.8 Å². The van der Waals surface area contributed by atoms with Gasteiger partial charge >= 0.3 is 0 Å². The Bertz CT molecular complexity index is 166. The second-order valence-electron chi connectivity index (χ2n) is 3.32. The molecule has 0 amide bonds. The third-order valence-electron chi connectivity index (χ3n) is 1.92. The van der Waals surface area contributed by atoms with Gasteiger partial charge in [0.2, 0.25) is 0 Å². The van der Waals surface area contributed by atoms with Crippen LogP contribution < -0.4 is 0 Å². The molecule has 1 aliphatic rings. The van der Waals surface area contributed by atoms with E-state index in [0.29, 0.717) is 0 Å². The molecule has 11 heavy (non-hydrogen) atoms. The van der Waals surface area contributed by atoms with Crippen LogP contribution in [0, 0.1) is 0 Å². The molecule has 0 radical (unpaired) electrons. The van der Waals surface area contributed by atoms with Gasteiger partial charge in [-0.15, -0.1) is 0 Å². The third kappa shape index (κ3) is 3.38. The summed E-state index contributed by atoms with van der Waals surface area (Å²) in [6, 6.07) is 0. The van der Waals surface area contributed by atoms with E-state index >= 15 is 0 Å². The Labute approximate surface area is 69.4 Å². The van der Waals surface area contributed by atoms with Crippen LogP contribution in [0.3, 0.4) is 0 Å². The van der Waals surface area contributed by atoms with E-state index in [1.165, 1.54) is 25.0 Å². The first-order valence-electron chi connectivity index (χ1n) is 4.29. The minimum absolute atomic E-state index is 1.15. The van der Waals surface area contributed by atoms with Crippen LogP contribution in [0.1, 0.15) is 19.3 Å². The molecule has 1 nitrogen and oxygen atoms in total. The van der Waals surface area contributed by atoms with E-state index in [0.717, 1.165) is 6.42 Å². The van der Waals surface area contributed by atoms with Gasteiger partial charge in [0.25, 0.3) is 0 Å². The maximum absolute atomic E-state index is 2.32. The molecule has 0 aromatic rings. The Balaban J connectivity index is 2.08. The maximum Gasteiger partial charge on any atom is -0.00217 e. The molecule has 1 heteroatoms. The minimum atomic E-state index is 1.15. The van der Waals surface area contributed by atoms with Crippen LogP contribution >= 0.6 is 0 Å². The summed E-state index contributed by atoms with van der Waals surface area (Å²) in [5, 5.41) is 0. The molecule has 0 bridgehead atoms. The van der Waals surface area contributed by atoms with Crippen LogP contribution in [0.25, 0.3) is 0 Å². The normalized spacial score (nSPS) is 16.1. The average molecular weight is 151 g/mol. The highest BCUT2D eigenvalue weighted by molar-refractivity contribution is 5.25. The Hall–Kier alpha value is -0.560. The van der Waals surface area contributed by atoms with Crippen LogP contribution in [-0.4, -0.2) is 25.5 Å². The van der Waals surface area contributed by atoms with Gasteiger partial charge in [0.1, 0.15) is 0 Å². The standard InChI is InChI=1S/C10H17N/c1-11(2)9-5-8-10-6-3-4-7-10/h3,6-7H,4-5,8-9H2,1-2H3. The van der Waals surface area contributed by atoms with Crippen molar-refractivity contribution in [2.24, 2.45) is 0 Å². The molecule has 0 atom stereocenters. The number of hydrogen-bond acceptors (Lipinski definition) is 1. The molecule has 62 valence electrons. The maximum atomic E-state index is 2.32. The van der Waals surface area contributed by atoms with E-state index in [1.54, 1.807) is 0 Å². The van der Waals surface area contributed by atoms with Crippen molar-refractivity contribution in [2.75, 3.05) is 20.6 Å². The van der Waals surface area contributed by atoms with Crippen molar-refractivity contribution in [3.05, 3.63) is 23.8 Å². The van der Waals surface area contributed by atoms with Gasteiger partial charge in [-0.2, -0.15) is 0 Å². The first-order chi connectivity index (χ1) is 5.29. The van der Waals surface area contributed by atoms with Crippen molar-refractivity contribution in [1.82, 2.24) is 4.90 Å². The van der Waals surface area contributed by atoms with Crippen molar-refractivity contribution in [2.45, 2.75) is 19.3 Å². The summed E-state index contributed by atoms with van der Waals surface area (Å²) < 4.78 is 0. The summed E-state index contributed by atoms with van der Waals surface area (Å²) in [6.07, 6.45) is 10.5. The average Bonchev–Trinajstić information content (AvgIpc) is 2.39. The lowest BCUT2D eigenvalue weighted by Crippen LogP contribution is -2.12. The number of rotatable bonds is 4. The molecule has 0 saturated carbocycles. The van der Waals surface area contributed by atoms with E-state index in [2.05, 4.69) is 37.2 Å². The highest BCUT2D eigenvalue weighted by atomic mass is 15.0. The van der Waals surface area contributed by atoms with Gasteiger partial charge in [0, 0.05) is 0 Å². The van der Waals surface area contributed by atoms with Crippen LogP contribution in [-0.2, 0) is 0 Å². The Morgan fingerprint density at radius 2 is 2.27 bits per heavy atom. The molecule has 0 heterocycles. The molecule has 0 aliphatic heterocycles. The Morgan fingerprint density at radius 3 is 2.82 bits per heavy atom. The predicted molar refractivity (Wildman–Crippen MR) is 49.6 cm³/mol. The lowest BCUT2D eigenvalue weighted by molar-refractivity contribution is 0.400. The summed E-state index contributed by atoms with van der Waals surface area (Å²) in [7, 11) is 4.25. The van der Waals surface area contributed by atoms with Crippen molar-refractivity contribution < 1.29 is 0 Å². The lowest BCUT2D eigenvalue weighted by atomic mass is 10.1. The van der Waals surface area contributed by atoms with E-state index in [-0.39, 0.29) is 0 Å². The van der Waals surface area contributed by atoms with Gasteiger partial charge < -0.3 is 4.90 Å². The van der Waals surface area contributed by atoms with Crippen LogP contribution in [0.15, 0.2) is 23.8 Å². The van der Waals surface area contributed by atoms with Gasteiger partial charge in [-0.3, -0.25) is 0 Å². The summed E-state index contributed by atoms with van der Waals surface area (Å²) in [5.74, 6) is 0. The topological polar surface area (TPSA) is 3.24 Å². The second kappa shape index (κ2) is 4.35. The second-order valence-corrected chi connectivity index (χ2v) is 3.32. The van der Waals surface area contributed by atoms with Gasteiger partial charge in [-0.25, -0.2) is 0 Å². The zero-order valence-electron chi connectivity index (χ0n) is 7.51. The monoisotopic (exact) mass is 151 g/mol. The molecule has 0 spiro atoms. The first kappa shape index (κ1) is 8.54. The zero-order chi connectivity index (χ0) is 8.10. The van der Waals surface area contributed by atoms with Crippen molar-refractivity contribution in [3.63, 3.8) is 0 Å². The number of hydrogen-bond donors (Lipinski definition) is 0. The molecule has 0 saturated heterocycles. The molecule has 0 N–H and O–H groups in total. The van der Waals surface area contributed by atoms with Crippen molar-refractivity contribution in [3.8, 4) is 0 Å². The largest absolute Gasteiger partial charge is 0.309 e. The third-order valence-corrected chi connectivity index (χ3v) is 1.92. The summed E-state index contributed by atoms with van der Waals surface area (Å²) >= 11 is 0. The molecule has 0 aromatic carbocycles. The van der Waals surface area contributed by atoms with E-state index in [9.17, 15) is 0 Å². The fourth-order valence-electron chi connectivity index (χ4n) is 1.29. The van der Waals surface area contributed by atoms with Gasteiger partial charge in [0.15, 0.2) is 0 Å². The molecular weight excluding hydrogens is 134 g/mol. The Kier molecular flexibility index (Phi) is 3.37. The highest BCUT2D eigenvalue weighted by Gasteiger charge is 1.97. The van der Waals surface area contributed by atoms with Crippen molar-refractivity contribution >= 4 is 0 Å². The molecule has 1 rings (SSSR count). The SMILES string of the molecule is CN(C)CCCC1=CCC=C1. The summed E-state index contributed by atoms with van der Waals surface area (Å²) in [6.45, 7) is 1.20. The van der Waals surface area contributed by atoms with Crippen LogP contribution in [0.4, 0.5) is 0 Å². The fourth-order valence-corrected chi connectivity index (χ4v) is 1.29. The fraction of sp³-hybridized carbons (Fsp3) is 0.600. The van der Waals surface area contributed by atoms with Crippen LogP contribution in [0.5, 0.6) is 0 Å². The van der Waals surface area contributed by atoms with Crippen molar-refractivity contribution in [1.29, 1.82) is 0 Å². The summed E-state index contributed by atoms with van der Waals surface area (Å²) in [5.41, 5.74) is 1.52. The molecule has 0 unspecified atom stereocenters. The molecule has 0 fully saturated rings. The zero-order valence-corrected chi connectivity index (χ0v) is 7.51. The van der Waals surface area contributed by atoms with E-state index in [4.69, 9.17) is 0 Å². The number of nitrogens with zero attached hydrogens (tertiary/aromatic N) is 1. The molecule has 1 aliphatic carbocycles. The smallest absolute Gasteiger partial charge is 0.00217 e. The lowest BCUT2D eigenvalue weighted by Gasteiger charge is -2.08. The van der Waals surface area contributed by atoms with Crippen LogP contribution in [0.2, 0.25) is 0 Å². The Morgan fingerprint density at radius 1 is 1.45 bits per heavy atom. The van der Waals surface area contributed by atoms with Gasteiger partial charge in [-0.05, 0) is 39.9 Å². The quantitative estimate of drug-likeness (QED) is 0.595. The minimum Gasteiger partial charge on any atom is -0.309 e.